The monoisotopic (exact) mass is 938 g/mol. The Bertz CT molecular complexity index is 3360. The van der Waals surface area contributed by atoms with Crippen molar-refractivity contribution in [3.8, 4) is 39.1 Å². The van der Waals surface area contributed by atoms with Gasteiger partial charge in [-0.3, -0.25) is 0 Å². The Kier molecular flexibility index (Phi) is 12.4. The first-order valence-corrected chi connectivity index (χ1v) is 26.3. The predicted octanol–water partition coefficient (Wildman–Crippen LogP) is 19.0. The van der Waals surface area contributed by atoms with Crippen molar-refractivity contribution in [2.75, 3.05) is 4.90 Å². The van der Waals surface area contributed by atoms with Crippen LogP contribution in [0, 0.1) is 11.8 Å². The highest BCUT2D eigenvalue weighted by Gasteiger charge is 2.46. The number of nitrogens with zero attached hydrogens (tertiary/aromatic N) is 1. The van der Waals surface area contributed by atoms with Crippen LogP contribution in [0.25, 0.3) is 33.4 Å². The molecule has 11 rings (SSSR count). The van der Waals surface area contributed by atoms with E-state index in [1.807, 2.05) is 0 Å². The summed E-state index contributed by atoms with van der Waals surface area (Å²) in [5.41, 5.74) is 21.8. The predicted molar refractivity (Wildman–Crippen MR) is 303 cm³/mol. The summed E-state index contributed by atoms with van der Waals surface area (Å²) in [5, 5.41) is 0. The summed E-state index contributed by atoms with van der Waals surface area (Å²) in [5.74, 6) is 3.10. The average molecular weight is 938 g/mol. The van der Waals surface area contributed by atoms with Crippen LogP contribution in [-0.2, 0) is 17.4 Å². The van der Waals surface area contributed by atoms with E-state index in [2.05, 4.69) is 273 Å². The molecule has 9 aromatic rings. The van der Waals surface area contributed by atoms with Gasteiger partial charge in [0.15, 0.2) is 0 Å². The van der Waals surface area contributed by atoms with Crippen LogP contribution in [0.15, 0.2) is 212 Å². The summed E-state index contributed by atoms with van der Waals surface area (Å²) in [6.45, 7) is 19.1. The smallest absolute Gasteiger partial charge is 0.119 e. The summed E-state index contributed by atoms with van der Waals surface area (Å²) in [6, 6.07) is 79.7. The lowest BCUT2D eigenvalue weighted by atomic mass is 9.67. The van der Waals surface area contributed by atoms with Gasteiger partial charge in [0.25, 0.3) is 0 Å². The second-order valence-electron chi connectivity index (χ2n) is 22.0. The number of rotatable bonds is 14. The van der Waals surface area contributed by atoms with Gasteiger partial charge in [-0.25, -0.2) is 0 Å². The molecule has 2 aliphatic carbocycles. The first kappa shape index (κ1) is 46.9. The molecule has 0 aromatic heterocycles. The van der Waals surface area contributed by atoms with Crippen LogP contribution in [0.1, 0.15) is 124 Å². The first-order chi connectivity index (χ1) is 34.9. The summed E-state index contributed by atoms with van der Waals surface area (Å²) in [4.78, 5) is 2.47. The maximum atomic E-state index is 6.59. The fourth-order valence-electron chi connectivity index (χ4n) is 12.2. The molecule has 0 heterocycles. The van der Waals surface area contributed by atoms with E-state index in [1.54, 1.807) is 0 Å². The highest BCUT2D eigenvalue weighted by atomic mass is 16.5. The minimum absolute atomic E-state index is 0.146. The van der Waals surface area contributed by atoms with E-state index in [0.717, 1.165) is 22.8 Å². The molecule has 72 heavy (non-hydrogen) atoms. The van der Waals surface area contributed by atoms with Crippen LogP contribution in [-0.4, -0.2) is 0 Å². The van der Waals surface area contributed by atoms with Crippen molar-refractivity contribution in [1.29, 1.82) is 0 Å². The quantitative estimate of drug-likeness (QED) is 0.108. The Balaban J connectivity index is 1.03. The van der Waals surface area contributed by atoms with Crippen LogP contribution in [0.5, 0.6) is 5.75 Å². The molecular weight excluding hydrogens is 871 g/mol. The number of hydrogen-bond donors (Lipinski definition) is 0. The minimum Gasteiger partial charge on any atom is -0.489 e. The Labute approximate surface area is 429 Å². The van der Waals surface area contributed by atoms with Crippen molar-refractivity contribution in [3.63, 3.8) is 0 Å². The summed E-state index contributed by atoms with van der Waals surface area (Å²) >= 11 is 0. The molecule has 0 amide bonds. The van der Waals surface area contributed by atoms with Crippen molar-refractivity contribution >= 4 is 17.1 Å². The van der Waals surface area contributed by atoms with Gasteiger partial charge in [0, 0.05) is 22.5 Å². The normalized spacial score (nSPS) is 15.5. The fraction of sp³-hybridized carbons (Fsp3) is 0.229. The van der Waals surface area contributed by atoms with Gasteiger partial charge < -0.3 is 9.64 Å². The van der Waals surface area contributed by atoms with E-state index in [-0.39, 0.29) is 5.41 Å². The molecule has 9 aromatic carbocycles. The maximum absolute atomic E-state index is 6.59. The molecule has 0 saturated carbocycles. The molecule has 0 radical (unpaired) electrons. The van der Waals surface area contributed by atoms with Crippen molar-refractivity contribution < 1.29 is 4.74 Å². The number of fused-ring (bicyclic) bond motifs is 6. The van der Waals surface area contributed by atoms with Crippen LogP contribution < -0.4 is 9.64 Å². The van der Waals surface area contributed by atoms with Crippen molar-refractivity contribution in [2.24, 2.45) is 11.8 Å². The summed E-state index contributed by atoms with van der Waals surface area (Å²) in [7, 11) is 0. The molecule has 0 saturated heterocycles. The molecule has 0 fully saturated rings. The van der Waals surface area contributed by atoms with Gasteiger partial charge in [-0.15, -0.1) is 0 Å². The second-order valence-corrected chi connectivity index (χ2v) is 22.0. The molecule has 2 atom stereocenters. The van der Waals surface area contributed by atoms with Crippen LogP contribution in [0.4, 0.5) is 17.1 Å². The third-order valence-electron chi connectivity index (χ3n) is 16.0. The highest BCUT2D eigenvalue weighted by molar-refractivity contribution is 5.91. The molecule has 2 heteroatoms. The number of benzene rings is 9. The molecule has 2 unspecified atom stereocenters. The van der Waals surface area contributed by atoms with E-state index in [9.17, 15) is 0 Å². The van der Waals surface area contributed by atoms with E-state index in [4.69, 9.17) is 4.74 Å². The molecule has 2 nitrogen and oxygen atoms in total. The van der Waals surface area contributed by atoms with E-state index >= 15 is 0 Å². The number of ether oxygens (including phenoxy) is 1. The zero-order valence-corrected chi connectivity index (χ0v) is 43.3. The maximum Gasteiger partial charge on any atom is 0.119 e. The molecule has 358 valence electrons. The van der Waals surface area contributed by atoms with Gasteiger partial charge in [0.1, 0.15) is 12.4 Å². The number of anilines is 3. The van der Waals surface area contributed by atoms with Crippen LogP contribution in [0.3, 0.4) is 0 Å². The zero-order valence-electron chi connectivity index (χ0n) is 43.3. The van der Waals surface area contributed by atoms with E-state index < -0.39 is 5.41 Å². The van der Waals surface area contributed by atoms with Crippen molar-refractivity contribution in [1.82, 2.24) is 0 Å². The molecule has 0 aliphatic heterocycles. The average Bonchev–Trinajstić information content (AvgIpc) is 3.83. The molecular formula is C70H67NO. The standard InChI is InChI=1S/C70H67NO/c1-46(2)42-64(48(5)6)53-24-22-49(23-25-53)45-72-59-38-32-55(33-39-59)70(54-30-26-50(27-31-54)47(3)4)66-21-15-13-19-61(66)63-41-37-58(44-68(63)70)71(56-34-28-52(29-35-56)51-16-10-9-11-17-51)57-36-40-62-60-18-12-14-20-65(60)69(7,8)67(62)43-57/h9-41,43-44,46-48,64H,42,45H2,1-8H3. The number of hydrogen-bond acceptors (Lipinski definition) is 2. The highest BCUT2D eigenvalue weighted by Crippen LogP contribution is 2.58. The zero-order chi connectivity index (χ0) is 49.7. The Morgan fingerprint density at radius 3 is 1.54 bits per heavy atom. The second kappa shape index (κ2) is 19.0. The van der Waals surface area contributed by atoms with Crippen molar-refractivity contribution in [3.05, 3.63) is 262 Å². The Hall–Kier alpha value is -7.42. The van der Waals surface area contributed by atoms with Gasteiger partial charge in [0.05, 0.1) is 5.41 Å². The van der Waals surface area contributed by atoms with Gasteiger partial charge in [-0.1, -0.05) is 219 Å². The first-order valence-electron chi connectivity index (χ1n) is 26.3. The van der Waals surface area contributed by atoms with E-state index in [0.29, 0.717) is 30.3 Å². The van der Waals surface area contributed by atoms with Crippen LogP contribution in [0.2, 0.25) is 0 Å². The third-order valence-corrected chi connectivity index (χ3v) is 16.0. The van der Waals surface area contributed by atoms with Crippen LogP contribution >= 0.6 is 0 Å². The fourth-order valence-corrected chi connectivity index (χ4v) is 12.2. The van der Waals surface area contributed by atoms with Gasteiger partial charge in [-0.2, -0.15) is 0 Å². The molecule has 0 spiro atoms. The summed E-state index contributed by atoms with van der Waals surface area (Å²) < 4.78 is 6.59. The lowest BCUT2D eigenvalue weighted by Crippen LogP contribution is -2.29. The topological polar surface area (TPSA) is 12.5 Å². The van der Waals surface area contributed by atoms with Gasteiger partial charge in [-0.05, 0) is 162 Å². The Morgan fingerprint density at radius 2 is 0.931 bits per heavy atom. The lowest BCUT2D eigenvalue weighted by molar-refractivity contribution is 0.306. The van der Waals surface area contributed by atoms with Gasteiger partial charge >= 0.3 is 0 Å². The van der Waals surface area contributed by atoms with Crippen molar-refractivity contribution in [2.45, 2.75) is 91.1 Å². The third kappa shape index (κ3) is 8.25. The lowest BCUT2D eigenvalue weighted by Gasteiger charge is -2.35. The minimum atomic E-state index is -0.612. The largest absolute Gasteiger partial charge is 0.489 e. The van der Waals surface area contributed by atoms with E-state index in [1.165, 1.54) is 89.9 Å². The molecule has 2 aliphatic rings. The Morgan fingerprint density at radius 1 is 0.431 bits per heavy atom. The molecule has 0 N–H and O–H groups in total. The molecule has 0 bridgehead atoms. The SMILES string of the molecule is CC(C)CC(c1ccc(COc2ccc(C3(c4ccc(C(C)C)cc4)c4ccccc4-c4ccc(N(c5ccc(-c6ccccc6)cc5)c5ccc6c(c5)C(C)(C)c5ccccc5-6)cc43)cc2)cc1)C(C)C. The summed E-state index contributed by atoms with van der Waals surface area (Å²) in [6.07, 6.45) is 1.20. The van der Waals surface area contributed by atoms with Gasteiger partial charge in [0.2, 0.25) is 0 Å².